The zero-order chi connectivity index (χ0) is 14.5. The predicted octanol–water partition coefficient (Wildman–Crippen LogP) is 2.42. The van der Waals surface area contributed by atoms with E-state index in [1.807, 2.05) is 20.8 Å². The Morgan fingerprint density at radius 1 is 1.42 bits per heavy atom. The summed E-state index contributed by atoms with van der Waals surface area (Å²) < 4.78 is 10.7. The summed E-state index contributed by atoms with van der Waals surface area (Å²) in [6.45, 7) is 5.90. The Balaban J connectivity index is 2.64. The highest BCUT2D eigenvalue weighted by molar-refractivity contribution is 5.93. The van der Waals surface area contributed by atoms with Crippen molar-refractivity contribution in [3.05, 3.63) is 18.2 Å². The summed E-state index contributed by atoms with van der Waals surface area (Å²) in [5.41, 5.74) is 6.48. The second-order valence-electron chi connectivity index (χ2n) is 4.91. The first-order valence-corrected chi connectivity index (χ1v) is 6.25. The fourth-order valence-corrected chi connectivity index (χ4v) is 1.37. The molecule has 19 heavy (non-hydrogen) atoms. The van der Waals surface area contributed by atoms with Crippen LogP contribution in [0.15, 0.2) is 18.2 Å². The van der Waals surface area contributed by atoms with Crippen molar-refractivity contribution in [2.24, 2.45) is 0 Å². The molecule has 0 atom stereocenters. The second-order valence-corrected chi connectivity index (χ2v) is 4.91. The minimum absolute atomic E-state index is 0.00120. The maximum absolute atomic E-state index is 11.8. The largest absolute Gasteiger partial charge is 0.495 e. The topological polar surface area (TPSA) is 73.6 Å². The molecule has 1 amide bonds. The number of hydrogen-bond donors (Lipinski definition) is 2. The molecule has 3 N–H and O–H groups in total. The first-order chi connectivity index (χ1) is 8.88. The predicted molar refractivity (Wildman–Crippen MR) is 76.4 cm³/mol. The number of nitrogens with one attached hydrogen (secondary N) is 1. The number of nitrogens with two attached hydrogens (primary N) is 1. The molecule has 0 aliphatic rings. The molecular formula is C14H22N2O3. The summed E-state index contributed by atoms with van der Waals surface area (Å²) in [6.07, 6.45) is 0.835. The van der Waals surface area contributed by atoms with Crippen molar-refractivity contribution in [1.82, 2.24) is 0 Å². The highest BCUT2D eigenvalue weighted by Gasteiger charge is 2.17. The summed E-state index contributed by atoms with van der Waals surface area (Å²) in [6, 6.07) is 5.08. The minimum atomic E-state index is -0.308. The first-order valence-electron chi connectivity index (χ1n) is 6.25. The van der Waals surface area contributed by atoms with E-state index in [-0.39, 0.29) is 18.1 Å². The van der Waals surface area contributed by atoms with E-state index in [0.717, 1.165) is 6.42 Å². The molecule has 0 aromatic heterocycles. The number of rotatable bonds is 6. The monoisotopic (exact) mass is 266 g/mol. The van der Waals surface area contributed by atoms with Crippen LogP contribution >= 0.6 is 0 Å². The van der Waals surface area contributed by atoms with Gasteiger partial charge in [0.1, 0.15) is 12.4 Å². The van der Waals surface area contributed by atoms with Crippen molar-refractivity contribution in [1.29, 1.82) is 0 Å². The number of benzene rings is 1. The Hall–Kier alpha value is -1.75. The van der Waals surface area contributed by atoms with Crippen LogP contribution in [0.3, 0.4) is 0 Å². The third kappa shape index (κ3) is 4.79. The molecule has 0 aliphatic carbocycles. The lowest BCUT2D eigenvalue weighted by Crippen LogP contribution is -2.29. The van der Waals surface area contributed by atoms with Gasteiger partial charge in [-0.3, -0.25) is 4.79 Å². The van der Waals surface area contributed by atoms with E-state index >= 15 is 0 Å². The average molecular weight is 266 g/mol. The Kier molecular flexibility index (Phi) is 5.18. The molecule has 0 saturated carbocycles. The number of anilines is 2. The van der Waals surface area contributed by atoms with Crippen LogP contribution in [0.2, 0.25) is 0 Å². The van der Waals surface area contributed by atoms with Crippen molar-refractivity contribution in [2.45, 2.75) is 32.8 Å². The summed E-state index contributed by atoms with van der Waals surface area (Å²) in [5, 5.41) is 2.73. The molecule has 1 rings (SSSR count). The van der Waals surface area contributed by atoms with Crippen molar-refractivity contribution in [3.63, 3.8) is 0 Å². The van der Waals surface area contributed by atoms with Gasteiger partial charge in [-0.1, -0.05) is 6.92 Å². The van der Waals surface area contributed by atoms with Crippen LogP contribution in [0.1, 0.15) is 27.2 Å². The summed E-state index contributed by atoms with van der Waals surface area (Å²) in [4.78, 5) is 11.8. The van der Waals surface area contributed by atoms with Crippen LogP contribution in [0.4, 0.5) is 11.4 Å². The lowest BCUT2D eigenvalue weighted by Gasteiger charge is -2.23. The fraction of sp³-hybridized carbons (Fsp3) is 0.500. The van der Waals surface area contributed by atoms with Gasteiger partial charge in [0, 0.05) is 5.69 Å². The van der Waals surface area contributed by atoms with Gasteiger partial charge in [-0.25, -0.2) is 0 Å². The van der Waals surface area contributed by atoms with Gasteiger partial charge in [-0.05, 0) is 38.5 Å². The summed E-state index contributed by atoms with van der Waals surface area (Å²) in [5.74, 6) is 0.336. The number of carbonyl (C=O) groups is 1. The zero-order valence-corrected chi connectivity index (χ0v) is 11.9. The van der Waals surface area contributed by atoms with Crippen molar-refractivity contribution < 1.29 is 14.3 Å². The molecule has 0 heterocycles. The molecule has 0 aliphatic heterocycles. The summed E-state index contributed by atoms with van der Waals surface area (Å²) >= 11 is 0. The van der Waals surface area contributed by atoms with E-state index < -0.39 is 0 Å². The molecule has 5 heteroatoms. The Bertz CT molecular complexity index is 444. The lowest BCUT2D eigenvalue weighted by molar-refractivity contribution is -0.126. The number of methoxy groups -OCH3 is 1. The molecule has 0 bridgehead atoms. The fourth-order valence-electron chi connectivity index (χ4n) is 1.37. The van der Waals surface area contributed by atoms with Gasteiger partial charge < -0.3 is 20.5 Å². The molecule has 0 spiro atoms. The maximum Gasteiger partial charge on any atom is 0.250 e. The molecule has 106 valence electrons. The van der Waals surface area contributed by atoms with Crippen molar-refractivity contribution in [2.75, 3.05) is 24.8 Å². The lowest BCUT2D eigenvalue weighted by atomic mass is 10.1. The molecule has 0 saturated heterocycles. The molecular weight excluding hydrogens is 244 g/mol. The Labute approximate surface area is 114 Å². The van der Waals surface area contributed by atoms with Crippen LogP contribution in [0, 0.1) is 0 Å². The zero-order valence-electron chi connectivity index (χ0n) is 11.9. The number of carbonyl (C=O) groups excluding carboxylic acids is 1. The normalized spacial score (nSPS) is 11.2. The Morgan fingerprint density at radius 2 is 2.11 bits per heavy atom. The maximum atomic E-state index is 11.8. The van der Waals surface area contributed by atoms with Crippen LogP contribution in [0.5, 0.6) is 5.75 Å². The van der Waals surface area contributed by atoms with Gasteiger partial charge in [0.05, 0.1) is 18.4 Å². The smallest absolute Gasteiger partial charge is 0.250 e. The van der Waals surface area contributed by atoms with Gasteiger partial charge >= 0.3 is 0 Å². The highest BCUT2D eigenvalue weighted by Crippen LogP contribution is 2.26. The SMILES string of the molecule is CCC(C)(C)OCC(=O)Nc1cc(N)ccc1OC. The van der Waals surface area contributed by atoms with Crippen LogP contribution in [-0.2, 0) is 9.53 Å². The average Bonchev–Trinajstić information content (AvgIpc) is 2.37. The minimum Gasteiger partial charge on any atom is -0.495 e. The van der Waals surface area contributed by atoms with Gasteiger partial charge in [0.25, 0.3) is 5.91 Å². The molecule has 0 radical (unpaired) electrons. The van der Waals surface area contributed by atoms with Gasteiger partial charge in [-0.2, -0.15) is 0 Å². The van der Waals surface area contributed by atoms with E-state index in [2.05, 4.69) is 5.32 Å². The van der Waals surface area contributed by atoms with Crippen molar-refractivity contribution in [3.8, 4) is 5.75 Å². The number of hydrogen-bond acceptors (Lipinski definition) is 4. The third-order valence-corrected chi connectivity index (χ3v) is 2.94. The molecule has 5 nitrogen and oxygen atoms in total. The molecule has 0 unspecified atom stereocenters. The standard InChI is InChI=1S/C14H22N2O3/c1-5-14(2,3)19-9-13(17)16-11-8-10(15)6-7-12(11)18-4/h6-8H,5,9,15H2,1-4H3,(H,16,17). The van der Waals surface area contributed by atoms with Gasteiger partial charge in [-0.15, -0.1) is 0 Å². The number of amides is 1. The van der Waals surface area contributed by atoms with Crippen molar-refractivity contribution >= 4 is 17.3 Å². The number of nitrogen functional groups attached to an aromatic ring is 1. The Morgan fingerprint density at radius 3 is 2.68 bits per heavy atom. The quantitative estimate of drug-likeness (QED) is 0.775. The van der Waals surface area contributed by atoms with E-state index in [9.17, 15) is 4.79 Å². The van der Waals surface area contributed by atoms with E-state index in [1.165, 1.54) is 7.11 Å². The highest BCUT2D eigenvalue weighted by atomic mass is 16.5. The molecule has 1 aromatic carbocycles. The number of ether oxygens (including phenoxy) is 2. The summed E-state index contributed by atoms with van der Waals surface area (Å²) in [7, 11) is 1.54. The van der Waals surface area contributed by atoms with Crippen LogP contribution < -0.4 is 15.8 Å². The van der Waals surface area contributed by atoms with E-state index in [0.29, 0.717) is 17.1 Å². The third-order valence-electron chi connectivity index (χ3n) is 2.94. The second kappa shape index (κ2) is 6.43. The van der Waals surface area contributed by atoms with E-state index in [1.54, 1.807) is 18.2 Å². The molecule has 1 aromatic rings. The van der Waals surface area contributed by atoms with Crippen LogP contribution in [-0.4, -0.2) is 25.2 Å². The van der Waals surface area contributed by atoms with E-state index in [4.69, 9.17) is 15.2 Å². The molecule has 0 fully saturated rings. The first kappa shape index (κ1) is 15.3. The van der Waals surface area contributed by atoms with Gasteiger partial charge in [0.15, 0.2) is 0 Å². The van der Waals surface area contributed by atoms with Crippen LogP contribution in [0.25, 0.3) is 0 Å². The van der Waals surface area contributed by atoms with Gasteiger partial charge in [0.2, 0.25) is 0 Å².